The van der Waals surface area contributed by atoms with Crippen LogP contribution in [0.3, 0.4) is 0 Å². The molecule has 2 rings (SSSR count). The van der Waals surface area contributed by atoms with E-state index in [9.17, 15) is 0 Å². The van der Waals surface area contributed by atoms with Gasteiger partial charge in [0.2, 0.25) is 0 Å². The van der Waals surface area contributed by atoms with Gasteiger partial charge in [-0.15, -0.1) is 0 Å². The summed E-state index contributed by atoms with van der Waals surface area (Å²) in [5, 5.41) is 3.92. The van der Waals surface area contributed by atoms with Crippen molar-refractivity contribution in [3.63, 3.8) is 0 Å². The Kier molecular flexibility index (Phi) is 5.45. The Balaban J connectivity index is 1.99. The van der Waals surface area contributed by atoms with E-state index in [-0.39, 0.29) is 0 Å². The van der Waals surface area contributed by atoms with Gasteiger partial charge in [-0.05, 0) is 36.7 Å². The van der Waals surface area contributed by atoms with Gasteiger partial charge in [0.15, 0.2) is 0 Å². The van der Waals surface area contributed by atoms with Gasteiger partial charge in [0, 0.05) is 12.1 Å². The van der Waals surface area contributed by atoms with Crippen LogP contribution in [0, 0.1) is 11.8 Å². The molecule has 2 atom stereocenters. The zero-order chi connectivity index (χ0) is 13.7. The van der Waals surface area contributed by atoms with Crippen LogP contribution >= 0.6 is 0 Å². The van der Waals surface area contributed by atoms with Crippen molar-refractivity contribution in [1.82, 2.24) is 5.32 Å². The van der Waals surface area contributed by atoms with E-state index >= 15 is 0 Å². The van der Waals surface area contributed by atoms with Crippen molar-refractivity contribution in [3.8, 4) is 0 Å². The Hall–Kier alpha value is -0.820. The molecule has 1 nitrogen and oxygen atoms in total. The van der Waals surface area contributed by atoms with Crippen molar-refractivity contribution >= 4 is 0 Å². The quantitative estimate of drug-likeness (QED) is 0.697. The third-order valence-corrected chi connectivity index (χ3v) is 4.15. The smallest absolute Gasteiger partial charge is 0.0325 e. The van der Waals surface area contributed by atoms with Crippen LogP contribution in [-0.4, -0.2) is 6.04 Å². The van der Waals surface area contributed by atoms with E-state index in [0.29, 0.717) is 12.1 Å². The van der Waals surface area contributed by atoms with Crippen molar-refractivity contribution in [2.45, 2.75) is 65.0 Å². The lowest BCUT2D eigenvalue weighted by Crippen LogP contribution is -2.33. The van der Waals surface area contributed by atoms with Gasteiger partial charge in [0.1, 0.15) is 0 Å². The van der Waals surface area contributed by atoms with Crippen molar-refractivity contribution < 1.29 is 0 Å². The Morgan fingerprint density at radius 2 is 1.84 bits per heavy atom. The molecule has 1 aromatic rings. The lowest BCUT2D eigenvalue weighted by atomic mass is 9.95. The van der Waals surface area contributed by atoms with E-state index in [1.165, 1.54) is 37.7 Å². The molecule has 1 aromatic carbocycles. The van der Waals surface area contributed by atoms with E-state index < -0.39 is 0 Å². The molecule has 0 bridgehead atoms. The highest BCUT2D eigenvalue weighted by Crippen LogP contribution is 2.35. The van der Waals surface area contributed by atoms with E-state index in [1.807, 2.05) is 0 Å². The van der Waals surface area contributed by atoms with E-state index in [1.54, 1.807) is 0 Å². The molecule has 0 radical (unpaired) electrons. The third kappa shape index (κ3) is 4.99. The largest absolute Gasteiger partial charge is 0.307 e. The lowest BCUT2D eigenvalue weighted by molar-refractivity contribution is 0.350. The summed E-state index contributed by atoms with van der Waals surface area (Å²) in [5.74, 6) is 1.74. The summed E-state index contributed by atoms with van der Waals surface area (Å²) in [6, 6.07) is 12.2. The molecule has 1 N–H and O–H groups in total. The summed E-state index contributed by atoms with van der Waals surface area (Å²) in [4.78, 5) is 0. The molecule has 0 saturated heterocycles. The highest BCUT2D eigenvalue weighted by molar-refractivity contribution is 5.19. The first-order valence-electron chi connectivity index (χ1n) is 8.00. The average Bonchev–Trinajstić information content (AvgIpc) is 3.21. The zero-order valence-corrected chi connectivity index (χ0v) is 12.7. The van der Waals surface area contributed by atoms with Gasteiger partial charge < -0.3 is 5.32 Å². The van der Waals surface area contributed by atoms with Crippen molar-refractivity contribution in [2.24, 2.45) is 11.8 Å². The third-order valence-electron chi connectivity index (χ3n) is 4.15. The minimum absolute atomic E-state index is 0.518. The number of hydrogen-bond acceptors (Lipinski definition) is 1. The van der Waals surface area contributed by atoms with Crippen molar-refractivity contribution in [2.75, 3.05) is 0 Å². The summed E-state index contributed by atoms with van der Waals surface area (Å²) >= 11 is 0. The van der Waals surface area contributed by atoms with Gasteiger partial charge in [-0.2, -0.15) is 0 Å². The second-order valence-corrected chi connectivity index (χ2v) is 6.54. The first-order valence-corrected chi connectivity index (χ1v) is 8.00. The Labute approximate surface area is 118 Å². The Morgan fingerprint density at radius 1 is 1.16 bits per heavy atom. The van der Waals surface area contributed by atoms with Gasteiger partial charge in [-0.3, -0.25) is 0 Å². The fraction of sp³-hybridized carbons (Fsp3) is 0.667. The molecular weight excluding hydrogens is 230 g/mol. The fourth-order valence-corrected chi connectivity index (χ4v) is 2.85. The van der Waals surface area contributed by atoms with Crippen LogP contribution in [-0.2, 0) is 0 Å². The lowest BCUT2D eigenvalue weighted by Gasteiger charge is -2.27. The molecule has 1 heteroatoms. The summed E-state index contributed by atoms with van der Waals surface area (Å²) in [7, 11) is 0. The molecule has 1 aliphatic rings. The molecule has 1 saturated carbocycles. The molecule has 1 aliphatic carbocycles. The molecule has 2 unspecified atom stereocenters. The summed E-state index contributed by atoms with van der Waals surface area (Å²) in [6.45, 7) is 6.95. The van der Waals surface area contributed by atoms with Gasteiger partial charge in [0.25, 0.3) is 0 Å². The second kappa shape index (κ2) is 7.09. The summed E-state index contributed by atoms with van der Waals surface area (Å²) in [5.41, 5.74) is 1.45. The molecule has 19 heavy (non-hydrogen) atoms. The van der Waals surface area contributed by atoms with Gasteiger partial charge in [-0.25, -0.2) is 0 Å². The Bertz CT molecular complexity index is 353. The summed E-state index contributed by atoms with van der Waals surface area (Å²) < 4.78 is 0. The molecule has 0 heterocycles. The van der Waals surface area contributed by atoms with Crippen LogP contribution < -0.4 is 5.32 Å². The van der Waals surface area contributed by atoms with E-state index in [0.717, 1.165) is 11.8 Å². The van der Waals surface area contributed by atoms with Crippen LogP contribution in [0.1, 0.15) is 64.5 Å². The van der Waals surface area contributed by atoms with Crippen LogP contribution in [0.15, 0.2) is 30.3 Å². The molecule has 0 aliphatic heterocycles. The zero-order valence-electron chi connectivity index (χ0n) is 12.7. The Morgan fingerprint density at radius 3 is 2.37 bits per heavy atom. The van der Waals surface area contributed by atoms with Crippen molar-refractivity contribution in [3.05, 3.63) is 35.9 Å². The molecule has 106 valence electrons. The fourth-order valence-electron chi connectivity index (χ4n) is 2.85. The van der Waals surface area contributed by atoms with Crippen LogP contribution in [0.5, 0.6) is 0 Å². The average molecular weight is 259 g/mol. The maximum Gasteiger partial charge on any atom is 0.0325 e. The molecule has 0 spiro atoms. The predicted molar refractivity (Wildman–Crippen MR) is 83.2 cm³/mol. The van der Waals surface area contributed by atoms with Gasteiger partial charge in [-0.1, -0.05) is 63.9 Å². The minimum Gasteiger partial charge on any atom is -0.307 e. The van der Waals surface area contributed by atoms with E-state index in [4.69, 9.17) is 0 Å². The topological polar surface area (TPSA) is 12.0 Å². The second-order valence-electron chi connectivity index (χ2n) is 6.54. The summed E-state index contributed by atoms with van der Waals surface area (Å²) in [6.07, 6.45) is 6.76. The molecule has 0 amide bonds. The highest BCUT2D eigenvalue weighted by atomic mass is 15.0. The van der Waals surface area contributed by atoms with E-state index in [2.05, 4.69) is 56.4 Å². The van der Waals surface area contributed by atoms with Crippen LogP contribution in [0.25, 0.3) is 0 Å². The normalized spacial score (nSPS) is 18.5. The van der Waals surface area contributed by atoms with Gasteiger partial charge >= 0.3 is 0 Å². The monoisotopic (exact) mass is 259 g/mol. The first kappa shape index (κ1) is 14.6. The number of nitrogens with one attached hydrogen (secondary N) is 1. The van der Waals surface area contributed by atoms with Gasteiger partial charge in [0.05, 0.1) is 0 Å². The van der Waals surface area contributed by atoms with Crippen molar-refractivity contribution in [1.29, 1.82) is 0 Å². The first-order chi connectivity index (χ1) is 9.19. The van der Waals surface area contributed by atoms with Crippen LogP contribution in [0.4, 0.5) is 0 Å². The molecule has 1 fully saturated rings. The predicted octanol–water partition coefficient (Wildman–Crippen LogP) is 4.94. The maximum atomic E-state index is 3.92. The number of rotatable bonds is 8. The standard InChI is InChI=1S/C18H29N/c1-4-17(13-15-10-11-15)19-18(12-14(2)3)16-8-6-5-7-9-16/h5-9,14-15,17-19H,4,10-13H2,1-3H3. The molecule has 0 aromatic heterocycles. The SMILES string of the molecule is CCC(CC1CC1)NC(CC(C)C)c1ccccc1. The molecular formula is C18H29N. The highest BCUT2D eigenvalue weighted by Gasteiger charge is 2.26. The number of hydrogen-bond donors (Lipinski definition) is 1. The van der Waals surface area contributed by atoms with Crippen LogP contribution in [0.2, 0.25) is 0 Å². The minimum atomic E-state index is 0.518. The maximum absolute atomic E-state index is 3.92. The number of benzene rings is 1.